The number of nitrogens with two attached hydrogens (primary N) is 3. The highest BCUT2D eigenvalue weighted by Gasteiger charge is 2.06. The summed E-state index contributed by atoms with van der Waals surface area (Å²) in [6, 6.07) is 9.06. The molecule has 0 saturated carbocycles. The number of guanidine groups is 2. The van der Waals surface area contributed by atoms with E-state index in [1.165, 1.54) is 0 Å². The number of aromatic nitrogens is 2. The molecule has 0 saturated heterocycles. The van der Waals surface area contributed by atoms with Crippen molar-refractivity contribution in [2.45, 2.75) is 10.6 Å². The van der Waals surface area contributed by atoms with Gasteiger partial charge in [-0.25, -0.2) is 4.99 Å². The summed E-state index contributed by atoms with van der Waals surface area (Å²) in [5.41, 5.74) is 16.7. The molecule has 6 N–H and O–H groups in total. The van der Waals surface area contributed by atoms with Gasteiger partial charge in [0.15, 0.2) is 5.96 Å². The zero-order valence-corrected chi connectivity index (χ0v) is 14.7. The molecule has 2 rings (SSSR count). The highest BCUT2D eigenvalue weighted by Crippen LogP contribution is 2.25. The van der Waals surface area contributed by atoms with Gasteiger partial charge in [-0.05, 0) is 24.3 Å². The maximum absolute atomic E-state index is 5.59. The van der Waals surface area contributed by atoms with Crippen LogP contribution in [-0.4, -0.2) is 36.1 Å². The standard InChI is InChI=1S/C15H19N7O2S/c1-23-12-7-13(24-2)21-11(20-12)8-25-10-5-3-9(4-6-10)19-15(18)22-14(16)17/h3-7H,8H2,1-2H3,(H6,16,17,18,19,22). The first kappa shape index (κ1) is 18.3. The zero-order chi connectivity index (χ0) is 18.2. The van der Waals surface area contributed by atoms with Crippen LogP contribution >= 0.6 is 11.8 Å². The molecule has 1 aromatic heterocycles. The SMILES string of the molecule is COc1cc(OC)nc(CSc2ccc(N=C(N)N=C(N)N)cc2)n1. The van der Waals surface area contributed by atoms with Crippen molar-refractivity contribution >= 4 is 29.4 Å². The average Bonchev–Trinajstić information content (AvgIpc) is 2.60. The summed E-state index contributed by atoms with van der Waals surface area (Å²) in [5.74, 6) is 1.95. The topological polar surface area (TPSA) is 147 Å². The fourth-order valence-corrected chi connectivity index (χ4v) is 2.53. The zero-order valence-electron chi connectivity index (χ0n) is 13.8. The second kappa shape index (κ2) is 8.73. The highest BCUT2D eigenvalue weighted by atomic mass is 32.2. The second-order valence-electron chi connectivity index (χ2n) is 4.66. The molecule has 132 valence electrons. The molecule has 0 radical (unpaired) electrons. The lowest BCUT2D eigenvalue weighted by Crippen LogP contribution is -2.26. The Bertz CT molecular complexity index is 752. The fraction of sp³-hybridized carbons (Fsp3) is 0.200. The van der Waals surface area contributed by atoms with Gasteiger partial charge in [0.1, 0.15) is 5.82 Å². The van der Waals surface area contributed by atoms with E-state index in [2.05, 4.69) is 20.0 Å². The van der Waals surface area contributed by atoms with Gasteiger partial charge in [-0.15, -0.1) is 11.8 Å². The monoisotopic (exact) mass is 361 g/mol. The first-order valence-corrected chi connectivity index (χ1v) is 8.11. The number of aliphatic imine (C=N–C) groups is 2. The summed E-state index contributed by atoms with van der Waals surface area (Å²) in [6.45, 7) is 0. The van der Waals surface area contributed by atoms with Gasteiger partial charge in [0.2, 0.25) is 17.7 Å². The van der Waals surface area contributed by atoms with E-state index in [0.717, 1.165) is 4.90 Å². The molecule has 0 aliphatic heterocycles. The minimum absolute atomic E-state index is 0.00252. The molecule has 1 aromatic carbocycles. The van der Waals surface area contributed by atoms with Crippen molar-refractivity contribution in [1.82, 2.24) is 9.97 Å². The Morgan fingerprint density at radius 3 is 2.16 bits per heavy atom. The largest absolute Gasteiger partial charge is 0.481 e. The van der Waals surface area contributed by atoms with Gasteiger partial charge in [-0.3, -0.25) is 0 Å². The number of benzene rings is 1. The Morgan fingerprint density at radius 1 is 1.04 bits per heavy atom. The number of hydrogen-bond donors (Lipinski definition) is 3. The van der Waals surface area contributed by atoms with E-state index in [1.807, 2.05) is 24.3 Å². The van der Waals surface area contributed by atoms with E-state index in [-0.39, 0.29) is 11.9 Å². The highest BCUT2D eigenvalue weighted by molar-refractivity contribution is 7.98. The van der Waals surface area contributed by atoms with Crippen molar-refractivity contribution in [3.8, 4) is 11.8 Å². The quantitative estimate of drug-likeness (QED) is 0.392. The summed E-state index contributed by atoms with van der Waals surface area (Å²) in [7, 11) is 3.10. The van der Waals surface area contributed by atoms with Crippen molar-refractivity contribution in [1.29, 1.82) is 0 Å². The van der Waals surface area contributed by atoms with Crippen LogP contribution in [0, 0.1) is 0 Å². The number of ether oxygens (including phenoxy) is 2. The second-order valence-corrected chi connectivity index (χ2v) is 5.71. The van der Waals surface area contributed by atoms with Gasteiger partial charge >= 0.3 is 0 Å². The molecular weight excluding hydrogens is 342 g/mol. The van der Waals surface area contributed by atoms with Crippen LogP contribution < -0.4 is 26.7 Å². The number of hydrogen-bond acceptors (Lipinski definition) is 6. The Morgan fingerprint density at radius 2 is 1.64 bits per heavy atom. The van der Waals surface area contributed by atoms with Gasteiger partial charge in [0.05, 0.1) is 31.7 Å². The van der Waals surface area contributed by atoms with Crippen LogP contribution in [0.4, 0.5) is 5.69 Å². The fourth-order valence-electron chi connectivity index (χ4n) is 1.78. The summed E-state index contributed by atoms with van der Waals surface area (Å²) in [4.78, 5) is 17.3. The lowest BCUT2D eigenvalue weighted by molar-refractivity contribution is 0.369. The molecule has 1 heterocycles. The summed E-state index contributed by atoms with van der Waals surface area (Å²) in [6.07, 6.45) is 0. The van der Waals surface area contributed by atoms with Crippen molar-refractivity contribution in [2.75, 3.05) is 14.2 Å². The first-order chi connectivity index (χ1) is 12.0. The maximum Gasteiger partial charge on any atom is 0.223 e. The van der Waals surface area contributed by atoms with E-state index in [4.69, 9.17) is 26.7 Å². The summed E-state index contributed by atoms with van der Waals surface area (Å²) in [5, 5.41) is 0. The van der Waals surface area contributed by atoms with E-state index in [0.29, 0.717) is 29.0 Å². The number of nitrogens with zero attached hydrogens (tertiary/aromatic N) is 4. The third kappa shape index (κ3) is 5.84. The van der Waals surface area contributed by atoms with Crippen LogP contribution in [0.1, 0.15) is 5.82 Å². The van der Waals surface area contributed by atoms with E-state index in [9.17, 15) is 0 Å². The predicted octanol–water partition coefficient (Wildman–Crippen LogP) is 1.01. The lowest BCUT2D eigenvalue weighted by Gasteiger charge is -2.06. The Hall–Kier alpha value is -3.01. The van der Waals surface area contributed by atoms with Crippen LogP contribution in [0.15, 0.2) is 45.2 Å². The molecule has 10 heteroatoms. The van der Waals surface area contributed by atoms with Gasteiger partial charge in [0, 0.05) is 4.90 Å². The normalized spacial score (nSPS) is 11.0. The van der Waals surface area contributed by atoms with E-state index >= 15 is 0 Å². The molecule has 0 amide bonds. The van der Waals surface area contributed by atoms with Gasteiger partial charge in [-0.2, -0.15) is 15.0 Å². The van der Waals surface area contributed by atoms with Crippen LogP contribution in [-0.2, 0) is 5.75 Å². The van der Waals surface area contributed by atoms with Gasteiger partial charge in [-0.1, -0.05) is 0 Å². The smallest absolute Gasteiger partial charge is 0.223 e. The molecule has 25 heavy (non-hydrogen) atoms. The van der Waals surface area contributed by atoms with E-state index < -0.39 is 0 Å². The van der Waals surface area contributed by atoms with Crippen LogP contribution in [0.25, 0.3) is 0 Å². The molecule has 0 spiro atoms. The molecule has 0 unspecified atom stereocenters. The lowest BCUT2D eigenvalue weighted by atomic mass is 10.3. The third-order valence-corrected chi connectivity index (χ3v) is 3.84. The molecular formula is C15H19N7O2S. The van der Waals surface area contributed by atoms with Gasteiger partial charge in [0.25, 0.3) is 0 Å². The Balaban J connectivity index is 2.04. The van der Waals surface area contributed by atoms with Gasteiger partial charge < -0.3 is 26.7 Å². The molecule has 9 nitrogen and oxygen atoms in total. The van der Waals surface area contributed by atoms with Crippen LogP contribution in [0.5, 0.6) is 11.8 Å². The average molecular weight is 361 g/mol. The summed E-state index contributed by atoms with van der Waals surface area (Å²) < 4.78 is 10.3. The Labute approximate surface area is 149 Å². The van der Waals surface area contributed by atoms with Crippen LogP contribution in [0.3, 0.4) is 0 Å². The van der Waals surface area contributed by atoms with E-state index in [1.54, 1.807) is 32.0 Å². The third-order valence-electron chi connectivity index (χ3n) is 2.84. The predicted molar refractivity (Wildman–Crippen MR) is 98.2 cm³/mol. The molecule has 0 aliphatic carbocycles. The number of methoxy groups -OCH3 is 2. The number of thioether (sulfide) groups is 1. The maximum atomic E-state index is 5.59. The molecule has 0 fully saturated rings. The van der Waals surface area contributed by atoms with Crippen molar-refractivity contribution < 1.29 is 9.47 Å². The minimum Gasteiger partial charge on any atom is -0.481 e. The van der Waals surface area contributed by atoms with Crippen LogP contribution in [0.2, 0.25) is 0 Å². The molecule has 0 aliphatic rings. The minimum atomic E-state index is -0.137. The number of rotatable bonds is 6. The molecule has 2 aromatic rings. The van der Waals surface area contributed by atoms with Crippen molar-refractivity contribution in [3.63, 3.8) is 0 Å². The first-order valence-electron chi connectivity index (χ1n) is 7.12. The molecule has 0 atom stereocenters. The van der Waals surface area contributed by atoms with Crippen molar-refractivity contribution in [3.05, 3.63) is 36.2 Å². The summed E-state index contributed by atoms with van der Waals surface area (Å²) >= 11 is 1.57. The van der Waals surface area contributed by atoms with Crippen molar-refractivity contribution in [2.24, 2.45) is 27.2 Å². The Kier molecular flexibility index (Phi) is 6.40. The molecule has 0 bridgehead atoms.